The number of aromatic nitrogens is 3. The minimum absolute atomic E-state index is 0.00410. The van der Waals surface area contributed by atoms with Crippen LogP contribution in [0.2, 0.25) is 0 Å². The van der Waals surface area contributed by atoms with Crippen molar-refractivity contribution in [3.8, 4) is 0 Å². The van der Waals surface area contributed by atoms with E-state index in [0.717, 1.165) is 42.8 Å². The molecule has 102 valence electrons. The molecule has 0 aromatic carbocycles. The number of imidazole rings is 1. The predicted octanol–water partition coefficient (Wildman–Crippen LogP) is 2.61. The number of hydrogen-bond donors (Lipinski definition) is 1. The van der Waals surface area contributed by atoms with Gasteiger partial charge in [0.15, 0.2) is 5.65 Å². The second kappa shape index (κ2) is 4.60. The van der Waals surface area contributed by atoms with Gasteiger partial charge in [-0.25, -0.2) is 9.97 Å². The van der Waals surface area contributed by atoms with E-state index in [0.29, 0.717) is 0 Å². The molecular formula is C15H22N4. The van der Waals surface area contributed by atoms with Crippen LogP contribution in [0.25, 0.3) is 11.2 Å². The highest BCUT2D eigenvalue weighted by atomic mass is 15.1. The normalized spacial score (nSPS) is 27.2. The van der Waals surface area contributed by atoms with Gasteiger partial charge in [-0.05, 0) is 31.4 Å². The first-order valence-electron chi connectivity index (χ1n) is 7.24. The van der Waals surface area contributed by atoms with Crippen LogP contribution in [0.3, 0.4) is 0 Å². The Morgan fingerprint density at radius 1 is 1.53 bits per heavy atom. The SMILES string of the molecule is CCCn1c(C2(C)CCCC2N)nc2cccnc21. The van der Waals surface area contributed by atoms with Crippen molar-refractivity contribution >= 4 is 11.2 Å². The number of pyridine rings is 1. The molecule has 2 heterocycles. The van der Waals surface area contributed by atoms with Crippen LogP contribution in [0.5, 0.6) is 0 Å². The van der Waals surface area contributed by atoms with Gasteiger partial charge < -0.3 is 10.3 Å². The summed E-state index contributed by atoms with van der Waals surface area (Å²) in [5.41, 5.74) is 8.35. The average molecular weight is 258 g/mol. The lowest BCUT2D eigenvalue weighted by Crippen LogP contribution is -2.40. The Balaban J connectivity index is 2.19. The average Bonchev–Trinajstić information content (AvgIpc) is 2.94. The highest BCUT2D eigenvalue weighted by molar-refractivity contribution is 5.71. The molecule has 0 saturated heterocycles. The Hall–Kier alpha value is -1.42. The Morgan fingerprint density at radius 3 is 3.05 bits per heavy atom. The molecule has 2 N–H and O–H groups in total. The topological polar surface area (TPSA) is 56.7 Å². The monoisotopic (exact) mass is 258 g/mol. The van der Waals surface area contributed by atoms with E-state index in [2.05, 4.69) is 23.4 Å². The third-order valence-corrected chi connectivity index (χ3v) is 4.49. The molecule has 1 aliphatic carbocycles. The first-order chi connectivity index (χ1) is 9.16. The predicted molar refractivity (Wildman–Crippen MR) is 77.0 cm³/mol. The lowest BCUT2D eigenvalue weighted by molar-refractivity contribution is 0.386. The number of nitrogens with zero attached hydrogens (tertiary/aromatic N) is 3. The first kappa shape index (κ1) is 12.6. The van der Waals surface area contributed by atoms with Gasteiger partial charge in [0.1, 0.15) is 11.3 Å². The van der Waals surface area contributed by atoms with Gasteiger partial charge >= 0.3 is 0 Å². The summed E-state index contributed by atoms with van der Waals surface area (Å²) in [6, 6.07) is 4.20. The van der Waals surface area contributed by atoms with Gasteiger partial charge in [0.25, 0.3) is 0 Å². The van der Waals surface area contributed by atoms with E-state index in [1.165, 1.54) is 6.42 Å². The van der Waals surface area contributed by atoms with Gasteiger partial charge in [0.05, 0.1) is 0 Å². The minimum Gasteiger partial charge on any atom is -0.327 e. The Bertz CT molecular complexity index is 589. The molecule has 0 spiro atoms. The summed E-state index contributed by atoms with van der Waals surface area (Å²) in [4.78, 5) is 9.36. The van der Waals surface area contributed by atoms with Gasteiger partial charge in [-0.3, -0.25) is 0 Å². The van der Waals surface area contributed by atoms with Crippen LogP contribution in [0, 0.1) is 0 Å². The van der Waals surface area contributed by atoms with Gasteiger partial charge in [-0.15, -0.1) is 0 Å². The van der Waals surface area contributed by atoms with Crippen molar-refractivity contribution in [3.05, 3.63) is 24.2 Å². The molecule has 19 heavy (non-hydrogen) atoms. The molecule has 4 nitrogen and oxygen atoms in total. The quantitative estimate of drug-likeness (QED) is 0.920. The molecule has 0 radical (unpaired) electrons. The smallest absolute Gasteiger partial charge is 0.159 e. The summed E-state index contributed by atoms with van der Waals surface area (Å²) in [6.07, 6.45) is 6.35. The van der Waals surface area contributed by atoms with Crippen LogP contribution in [-0.4, -0.2) is 20.6 Å². The molecule has 2 aromatic rings. The van der Waals surface area contributed by atoms with Crippen LogP contribution >= 0.6 is 0 Å². The van der Waals surface area contributed by atoms with Crippen molar-refractivity contribution in [2.45, 2.75) is 57.5 Å². The third-order valence-electron chi connectivity index (χ3n) is 4.49. The van der Waals surface area contributed by atoms with Gasteiger partial charge in [0.2, 0.25) is 0 Å². The summed E-state index contributed by atoms with van der Waals surface area (Å²) in [5.74, 6) is 1.13. The van der Waals surface area contributed by atoms with E-state index in [9.17, 15) is 0 Å². The maximum Gasteiger partial charge on any atom is 0.159 e. The zero-order chi connectivity index (χ0) is 13.5. The molecule has 3 rings (SSSR count). The fourth-order valence-electron chi connectivity index (χ4n) is 3.30. The number of rotatable bonds is 3. The molecule has 2 aromatic heterocycles. The van der Waals surface area contributed by atoms with E-state index in [1.54, 1.807) is 0 Å². The molecule has 0 aliphatic heterocycles. The van der Waals surface area contributed by atoms with Crippen molar-refractivity contribution in [1.82, 2.24) is 14.5 Å². The molecule has 1 saturated carbocycles. The van der Waals surface area contributed by atoms with E-state index in [1.807, 2.05) is 18.3 Å². The summed E-state index contributed by atoms with van der Waals surface area (Å²) >= 11 is 0. The van der Waals surface area contributed by atoms with Gasteiger partial charge in [-0.1, -0.05) is 20.3 Å². The van der Waals surface area contributed by atoms with E-state index < -0.39 is 0 Å². The van der Waals surface area contributed by atoms with E-state index >= 15 is 0 Å². The minimum atomic E-state index is -0.00410. The van der Waals surface area contributed by atoms with E-state index in [-0.39, 0.29) is 11.5 Å². The zero-order valence-electron chi connectivity index (χ0n) is 11.8. The molecule has 2 atom stereocenters. The molecule has 1 aliphatic rings. The summed E-state index contributed by atoms with van der Waals surface area (Å²) < 4.78 is 2.28. The van der Waals surface area contributed by atoms with Crippen LogP contribution in [0.15, 0.2) is 18.3 Å². The highest BCUT2D eigenvalue weighted by Gasteiger charge is 2.41. The van der Waals surface area contributed by atoms with Gasteiger partial charge in [0, 0.05) is 24.2 Å². The van der Waals surface area contributed by atoms with Crippen molar-refractivity contribution in [2.24, 2.45) is 5.73 Å². The van der Waals surface area contributed by atoms with Crippen LogP contribution in [0.1, 0.15) is 45.4 Å². The fourth-order valence-corrected chi connectivity index (χ4v) is 3.30. The largest absolute Gasteiger partial charge is 0.327 e. The van der Waals surface area contributed by atoms with E-state index in [4.69, 9.17) is 10.7 Å². The number of hydrogen-bond acceptors (Lipinski definition) is 3. The second-order valence-corrected chi connectivity index (χ2v) is 5.85. The van der Waals surface area contributed by atoms with Crippen molar-refractivity contribution in [3.63, 3.8) is 0 Å². The number of aryl methyl sites for hydroxylation is 1. The standard InChI is InChI=1S/C15H22N4/c1-3-10-19-13-11(6-5-9-17-13)18-14(19)15(2)8-4-7-12(15)16/h5-6,9,12H,3-4,7-8,10,16H2,1-2H3. The molecule has 2 unspecified atom stereocenters. The first-order valence-corrected chi connectivity index (χ1v) is 7.24. The lowest BCUT2D eigenvalue weighted by atomic mass is 9.84. The Morgan fingerprint density at radius 2 is 2.37 bits per heavy atom. The zero-order valence-corrected chi connectivity index (χ0v) is 11.8. The van der Waals surface area contributed by atoms with Crippen LogP contribution < -0.4 is 5.73 Å². The molecular weight excluding hydrogens is 236 g/mol. The molecule has 0 amide bonds. The fraction of sp³-hybridized carbons (Fsp3) is 0.600. The molecule has 0 bridgehead atoms. The highest BCUT2D eigenvalue weighted by Crippen LogP contribution is 2.40. The van der Waals surface area contributed by atoms with Crippen molar-refractivity contribution in [2.75, 3.05) is 0 Å². The summed E-state index contributed by atoms with van der Waals surface area (Å²) in [7, 11) is 0. The Kier molecular flexibility index (Phi) is 3.05. The second-order valence-electron chi connectivity index (χ2n) is 5.85. The lowest BCUT2D eigenvalue weighted by Gasteiger charge is -2.29. The van der Waals surface area contributed by atoms with Crippen LogP contribution in [-0.2, 0) is 12.0 Å². The van der Waals surface area contributed by atoms with Crippen LogP contribution in [0.4, 0.5) is 0 Å². The molecule has 1 fully saturated rings. The van der Waals surface area contributed by atoms with Crippen molar-refractivity contribution < 1.29 is 0 Å². The number of fused-ring (bicyclic) bond motifs is 1. The maximum atomic E-state index is 6.36. The van der Waals surface area contributed by atoms with Crippen molar-refractivity contribution in [1.29, 1.82) is 0 Å². The molecule has 4 heteroatoms. The maximum absolute atomic E-state index is 6.36. The number of nitrogens with two attached hydrogens (primary N) is 1. The summed E-state index contributed by atoms with van der Waals surface area (Å²) in [5, 5.41) is 0. The third kappa shape index (κ3) is 1.86. The summed E-state index contributed by atoms with van der Waals surface area (Å²) in [6.45, 7) is 5.42. The van der Waals surface area contributed by atoms with Gasteiger partial charge in [-0.2, -0.15) is 0 Å². The Labute approximate surface area is 114 Å².